The minimum atomic E-state index is -0.631. The van der Waals surface area contributed by atoms with Gasteiger partial charge in [0.2, 0.25) is 0 Å². The lowest BCUT2D eigenvalue weighted by molar-refractivity contribution is -0.149. The minimum absolute atomic E-state index is 0.295. The van der Waals surface area contributed by atoms with Crippen LogP contribution in [0.2, 0.25) is 0 Å². The number of ether oxygens (including phenoxy) is 3. The Labute approximate surface area is 169 Å². The molecule has 3 aromatic carbocycles. The van der Waals surface area contributed by atoms with Gasteiger partial charge in [0.15, 0.2) is 13.2 Å². The summed E-state index contributed by atoms with van der Waals surface area (Å²) >= 11 is 0. The van der Waals surface area contributed by atoms with Crippen LogP contribution in [0.15, 0.2) is 78.9 Å². The minimum Gasteiger partial charge on any atom is -0.497 e. The molecule has 0 bridgehead atoms. The molecule has 6 heteroatoms. The molecule has 0 radical (unpaired) electrons. The summed E-state index contributed by atoms with van der Waals surface area (Å²) in [6.45, 7) is -0.698. The van der Waals surface area contributed by atoms with E-state index in [2.05, 4.69) is 5.32 Å². The number of amides is 1. The molecular weight excluding hydrogens is 370 g/mol. The summed E-state index contributed by atoms with van der Waals surface area (Å²) < 4.78 is 15.7. The molecule has 0 aliphatic heterocycles. The molecule has 1 N–H and O–H groups in total. The number of para-hydroxylation sites is 1. The summed E-state index contributed by atoms with van der Waals surface area (Å²) in [7, 11) is 1.54. The van der Waals surface area contributed by atoms with Gasteiger partial charge in [-0.2, -0.15) is 0 Å². The monoisotopic (exact) mass is 391 g/mol. The third-order valence-corrected chi connectivity index (χ3v) is 4.04. The molecule has 0 aromatic heterocycles. The molecule has 3 rings (SSSR count). The molecule has 0 heterocycles. The number of hydrogen-bond donors (Lipinski definition) is 1. The third-order valence-electron chi connectivity index (χ3n) is 4.04. The molecule has 0 saturated heterocycles. The number of nitrogens with one attached hydrogen (secondary N) is 1. The molecule has 29 heavy (non-hydrogen) atoms. The molecule has 148 valence electrons. The molecule has 6 nitrogen and oxygen atoms in total. The molecule has 0 aliphatic rings. The summed E-state index contributed by atoms with van der Waals surface area (Å²) in [5, 5.41) is 2.64. The Morgan fingerprint density at radius 2 is 1.62 bits per heavy atom. The average Bonchev–Trinajstić information content (AvgIpc) is 2.77. The van der Waals surface area contributed by atoms with Gasteiger partial charge in [0.1, 0.15) is 11.5 Å². The Bertz CT molecular complexity index is 972. The first kappa shape index (κ1) is 19.9. The number of benzene rings is 3. The quantitative estimate of drug-likeness (QED) is 0.589. The van der Waals surface area contributed by atoms with Crippen molar-refractivity contribution in [3.8, 4) is 22.6 Å². The Hall–Kier alpha value is -3.80. The molecule has 1 amide bonds. The predicted molar refractivity (Wildman–Crippen MR) is 110 cm³/mol. The number of carbonyl (C=O) groups is 2. The van der Waals surface area contributed by atoms with Crippen LogP contribution in [-0.2, 0) is 14.3 Å². The highest BCUT2D eigenvalue weighted by atomic mass is 16.6. The number of carbonyl (C=O) groups excluding carboxylic acids is 2. The van der Waals surface area contributed by atoms with E-state index in [1.165, 1.54) is 0 Å². The van der Waals surface area contributed by atoms with Gasteiger partial charge < -0.3 is 19.5 Å². The first-order valence-corrected chi connectivity index (χ1v) is 9.02. The van der Waals surface area contributed by atoms with Crippen LogP contribution < -0.4 is 14.8 Å². The lowest BCUT2D eigenvalue weighted by atomic mass is 10.1. The molecule has 3 aromatic rings. The molecule has 0 aliphatic carbocycles. The Morgan fingerprint density at radius 3 is 2.41 bits per heavy atom. The number of anilines is 1. The molecule has 0 atom stereocenters. The molecular formula is C23H21NO5. The Morgan fingerprint density at radius 1 is 0.862 bits per heavy atom. The van der Waals surface area contributed by atoms with Gasteiger partial charge in [-0.15, -0.1) is 0 Å². The fourth-order valence-corrected chi connectivity index (χ4v) is 2.67. The van der Waals surface area contributed by atoms with Crippen molar-refractivity contribution in [2.45, 2.75) is 0 Å². The summed E-state index contributed by atoms with van der Waals surface area (Å²) in [4.78, 5) is 23.9. The molecule has 0 fully saturated rings. The number of methoxy groups -OCH3 is 1. The summed E-state index contributed by atoms with van der Waals surface area (Å²) in [5.74, 6) is 0.103. The maximum atomic E-state index is 12.0. The highest BCUT2D eigenvalue weighted by molar-refractivity contribution is 5.93. The van der Waals surface area contributed by atoms with E-state index in [1.54, 1.807) is 37.4 Å². The van der Waals surface area contributed by atoms with Gasteiger partial charge in [-0.25, -0.2) is 4.79 Å². The van der Waals surface area contributed by atoms with Crippen molar-refractivity contribution >= 4 is 17.6 Å². The zero-order chi connectivity index (χ0) is 20.5. The van der Waals surface area contributed by atoms with Gasteiger partial charge in [-0.3, -0.25) is 4.79 Å². The topological polar surface area (TPSA) is 73.9 Å². The van der Waals surface area contributed by atoms with E-state index in [0.29, 0.717) is 17.2 Å². The summed E-state index contributed by atoms with van der Waals surface area (Å²) in [6, 6.07) is 24.0. The number of rotatable bonds is 8. The van der Waals surface area contributed by atoms with Gasteiger partial charge in [0.05, 0.1) is 7.11 Å². The zero-order valence-corrected chi connectivity index (χ0v) is 16.0. The lowest BCUT2D eigenvalue weighted by Crippen LogP contribution is -2.23. The van der Waals surface area contributed by atoms with Crippen molar-refractivity contribution in [3.05, 3.63) is 78.9 Å². The van der Waals surface area contributed by atoms with Crippen LogP contribution in [0.4, 0.5) is 5.69 Å². The Kier molecular flexibility index (Phi) is 6.84. The Balaban J connectivity index is 1.50. The van der Waals surface area contributed by atoms with E-state index >= 15 is 0 Å². The molecule has 0 saturated carbocycles. The van der Waals surface area contributed by atoms with E-state index in [-0.39, 0.29) is 6.61 Å². The standard InChI is InChI=1S/C23H21NO5/c1-27-19-11-7-10-18(14-19)24-22(25)15-29-23(26)16-28-21-13-6-5-12-20(21)17-8-3-2-4-9-17/h2-14H,15-16H2,1H3,(H,24,25). The second-order valence-corrected chi connectivity index (χ2v) is 6.09. The first-order chi connectivity index (χ1) is 14.2. The van der Waals surface area contributed by atoms with E-state index in [4.69, 9.17) is 14.2 Å². The fourth-order valence-electron chi connectivity index (χ4n) is 2.67. The number of hydrogen-bond acceptors (Lipinski definition) is 5. The predicted octanol–water partition coefficient (Wildman–Crippen LogP) is 3.92. The van der Waals surface area contributed by atoms with Crippen molar-refractivity contribution in [2.75, 3.05) is 25.6 Å². The van der Waals surface area contributed by atoms with E-state index in [0.717, 1.165) is 11.1 Å². The van der Waals surface area contributed by atoms with Crippen LogP contribution in [0.5, 0.6) is 11.5 Å². The SMILES string of the molecule is COc1cccc(NC(=O)COC(=O)COc2ccccc2-c2ccccc2)c1. The van der Waals surface area contributed by atoms with Gasteiger partial charge in [-0.1, -0.05) is 54.6 Å². The second-order valence-electron chi connectivity index (χ2n) is 6.09. The first-order valence-electron chi connectivity index (χ1n) is 9.02. The normalized spacial score (nSPS) is 10.1. The maximum absolute atomic E-state index is 12.0. The largest absolute Gasteiger partial charge is 0.497 e. The second kappa shape index (κ2) is 9.94. The molecule has 0 spiro atoms. The van der Waals surface area contributed by atoms with Crippen molar-refractivity contribution < 1.29 is 23.8 Å². The average molecular weight is 391 g/mol. The van der Waals surface area contributed by atoms with Gasteiger partial charge in [-0.05, 0) is 23.8 Å². The third kappa shape index (κ3) is 5.84. The lowest BCUT2D eigenvalue weighted by Gasteiger charge is -2.11. The van der Waals surface area contributed by atoms with Crippen LogP contribution in [0.1, 0.15) is 0 Å². The van der Waals surface area contributed by atoms with Crippen molar-refractivity contribution in [3.63, 3.8) is 0 Å². The van der Waals surface area contributed by atoms with E-state index < -0.39 is 18.5 Å². The highest BCUT2D eigenvalue weighted by Gasteiger charge is 2.11. The van der Waals surface area contributed by atoms with Crippen molar-refractivity contribution in [2.24, 2.45) is 0 Å². The van der Waals surface area contributed by atoms with E-state index in [1.807, 2.05) is 48.5 Å². The van der Waals surface area contributed by atoms with Crippen molar-refractivity contribution in [1.82, 2.24) is 0 Å². The van der Waals surface area contributed by atoms with Gasteiger partial charge in [0, 0.05) is 17.3 Å². The van der Waals surface area contributed by atoms with Crippen molar-refractivity contribution in [1.29, 1.82) is 0 Å². The van der Waals surface area contributed by atoms with Crippen LogP contribution in [0.25, 0.3) is 11.1 Å². The van der Waals surface area contributed by atoms with Gasteiger partial charge >= 0.3 is 5.97 Å². The number of esters is 1. The zero-order valence-electron chi connectivity index (χ0n) is 16.0. The van der Waals surface area contributed by atoms with Crippen LogP contribution in [-0.4, -0.2) is 32.2 Å². The summed E-state index contributed by atoms with van der Waals surface area (Å²) in [5.41, 5.74) is 2.41. The molecule has 0 unspecified atom stereocenters. The maximum Gasteiger partial charge on any atom is 0.344 e. The van der Waals surface area contributed by atoms with Crippen LogP contribution in [0, 0.1) is 0 Å². The van der Waals surface area contributed by atoms with E-state index in [9.17, 15) is 9.59 Å². The van der Waals surface area contributed by atoms with Crippen LogP contribution >= 0.6 is 0 Å². The summed E-state index contributed by atoms with van der Waals surface area (Å²) in [6.07, 6.45) is 0. The highest BCUT2D eigenvalue weighted by Crippen LogP contribution is 2.29. The van der Waals surface area contributed by atoms with Gasteiger partial charge in [0.25, 0.3) is 5.91 Å². The fraction of sp³-hybridized carbons (Fsp3) is 0.130. The van der Waals surface area contributed by atoms with Crippen LogP contribution in [0.3, 0.4) is 0 Å². The smallest absolute Gasteiger partial charge is 0.344 e.